The minimum atomic E-state index is -0.255. The molecule has 1 aromatic carbocycles. The second-order valence-corrected chi connectivity index (χ2v) is 8.22. The van der Waals surface area contributed by atoms with E-state index in [9.17, 15) is 9.59 Å². The van der Waals surface area contributed by atoms with Crippen molar-refractivity contribution in [2.45, 2.75) is 65.2 Å². The van der Waals surface area contributed by atoms with Crippen molar-refractivity contribution in [1.82, 2.24) is 10.9 Å². The van der Waals surface area contributed by atoms with Crippen LogP contribution in [0.5, 0.6) is 0 Å². The summed E-state index contributed by atoms with van der Waals surface area (Å²) in [7, 11) is 0. The SMILES string of the molecule is C[C@@H]1CCC/C(=N/NC(=O)c2ccc(C(=O)N/N=C3/CCC[C@H](C)C3)cc2)C1. The van der Waals surface area contributed by atoms with Gasteiger partial charge in [0.15, 0.2) is 0 Å². The molecule has 2 atom stereocenters. The van der Waals surface area contributed by atoms with Crippen LogP contribution in [0, 0.1) is 11.8 Å². The Balaban J connectivity index is 1.53. The van der Waals surface area contributed by atoms with Crippen LogP contribution in [-0.2, 0) is 0 Å². The highest BCUT2D eigenvalue weighted by Gasteiger charge is 2.16. The van der Waals surface area contributed by atoms with Crippen molar-refractivity contribution in [2.75, 3.05) is 0 Å². The summed E-state index contributed by atoms with van der Waals surface area (Å²) in [5.74, 6) is 0.744. The first kappa shape index (κ1) is 20.2. The van der Waals surface area contributed by atoms with Crippen LogP contribution in [0.25, 0.3) is 0 Å². The van der Waals surface area contributed by atoms with E-state index in [2.05, 4.69) is 34.9 Å². The maximum atomic E-state index is 12.3. The zero-order chi connectivity index (χ0) is 19.9. The Morgan fingerprint density at radius 2 is 1.18 bits per heavy atom. The van der Waals surface area contributed by atoms with Crippen LogP contribution in [0.4, 0.5) is 0 Å². The van der Waals surface area contributed by atoms with Gasteiger partial charge in [-0.05, 0) is 87.5 Å². The summed E-state index contributed by atoms with van der Waals surface area (Å²) in [6.45, 7) is 4.42. The molecule has 0 aromatic heterocycles. The fourth-order valence-electron chi connectivity index (χ4n) is 3.89. The third kappa shape index (κ3) is 5.75. The van der Waals surface area contributed by atoms with Crippen molar-refractivity contribution in [3.8, 4) is 0 Å². The van der Waals surface area contributed by atoms with Crippen LogP contribution in [-0.4, -0.2) is 23.2 Å². The fraction of sp³-hybridized carbons (Fsp3) is 0.545. The lowest BCUT2D eigenvalue weighted by Crippen LogP contribution is -2.23. The maximum absolute atomic E-state index is 12.3. The number of hydrogen-bond donors (Lipinski definition) is 2. The van der Waals surface area contributed by atoms with E-state index in [1.54, 1.807) is 24.3 Å². The standard InChI is InChI=1S/C22H30N4O2/c1-15-5-3-7-19(13-15)23-25-21(27)17-9-11-18(12-10-17)22(28)26-24-20-8-4-6-16(2)14-20/h9-12,15-16H,3-8,13-14H2,1-2H3,(H,25,27)(H,26,28)/b23-19-,24-20-/t15-,16+. The van der Waals surface area contributed by atoms with Gasteiger partial charge >= 0.3 is 0 Å². The van der Waals surface area contributed by atoms with Gasteiger partial charge in [0.1, 0.15) is 0 Å². The lowest BCUT2D eigenvalue weighted by Gasteiger charge is -2.19. The number of hydrazone groups is 2. The average molecular weight is 383 g/mol. The Morgan fingerprint density at radius 1 is 0.786 bits per heavy atom. The first-order valence-corrected chi connectivity index (χ1v) is 10.3. The summed E-state index contributed by atoms with van der Waals surface area (Å²) in [5, 5.41) is 8.55. The quantitative estimate of drug-likeness (QED) is 0.762. The molecular weight excluding hydrogens is 352 g/mol. The monoisotopic (exact) mass is 382 g/mol. The van der Waals surface area contributed by atoms with Gasteiger partial charge in [0, 0.05) is 22.6 Å². The lowest BCUT2D eigenvalue weighted by molar-refractivity contribution is 0.0942. The molecule has 2 aliphatic carbocycles. The molecule has 6 nitrogen and oxygen atoms in total. The third-order valence-corrected chi connectivity index (χ3v) is 5.53. The first-order chi connectivity index (χ1) is 13.5. The molecule has 2 aliphatic rings. The molecule has 150 valence electrons. The molecule has 6 heteroatoms. The summed E-state index contributed by atoms with van der Waals surface area (Å²) in [5.41, 5.74) is 8.35. The predicted octanol–water partition coefficient (Wildman–Crippen LogP) is 4.28. The predicted molar refractivity (Wildman–Crippen MR) is 112 cm³/mol. The summed E-state index contributed by atoms with van der Waals surface area (Å²) in [6, 6.07) is 6.57. The summed E-state index contributed by atoms with van der Waals surface area (Å²) >= 11 is 0. The number of nitrogens with one attached hydrogen (secondary N) is 2. The van der Waals surface area contributed by atoms with Crippen molar-refractivity contribution in [3.05, 3.63) is 35.4 Å². The molecule has 0 unspecified atom stereocenters. The number of rotatable bonds is 4. The molecule has 1 aromatic rings. The Hall–Kier alpha value is -2.50. The van der Waals surface area contributed by atoms with Crippen molar-refractivity contribution in [1.29, 1.82) is 0 Å². The van der Waals surface area contributed by atoms with E-state index in [0.717, 1.165) is 49.9 Å². The van der Waals surface area contributed by atoms with Crippen molar-refractivity contribution >= 4 is 23.2 Å². The van der Waals surface area contributed by atoms with Gasteiger partial charge in [-0.3, -0.25) is 9.59 Å². The topological polar surface area (TPSA) is 82.9 Å². The molecule has 2 N–H and O–H groups in total. The Labute approximate surface area is 166 Å². The number of carbonyl (C=O) groups excluding carboxylic acids is 2. The van der Waals surface area contributed by atoms with Gasteiger partial charge in [0.25, 0.3) is 11.8 Å². The van der Waals surface area contributed by atoms with Gasteiger partial charge in [0.2, 0.25) is 0 Å². The molecule has 2 saturated carbocycles. The molecule has 0 spiro atoms. The number of nitrogens with zero attached hydrogens (tertiary/aromatic N) is 2. The number of hydrogen-bond acceptors (Lipinski definition) is 4. The molecule has 0 bridgehead atoms. The van der Waals surface area contributed by atoms with E-state index in [0.29, 0.717) is 23.0 Å². The van der Waals surface area contributed by atoms with Crippen LogP contribution in [0.2, 0.25) is 0 Å². The fourth-order valence-corrected chi connectivity index (χ4v) is 3.89. The van der Waals surface area contributed by atoms with Crippen LogP contribution >= 0.6 is 0 Å². The molecular formula is C22H30N4O2. The third-order valence-electron chi connectivity index (χ3n) is 5.53. The zero-order valence-electron chi connectivity index (χ0n) is 16.8. The normalized spacial score (nSPS) is 25.5. The molecule has 2 amide bonds. The maximum Gasteiger partial charge on any atom is 0.271 e. The number of benzene rings is 1. The highest BCUT2D eigenvalue weighted by atomic mass is 16.2. The zero-order valence-corrected chi connectivity index (χ0v) is 16.8. The van der Waals surface area contributed by atoms with Crippen molar-refractivity contribution in [2.24, 2.45) is 22.0 Å². The van der Waals surface area contributed by atoms with Gasteiger partial charge in [-0.1, -0.05) is 13.8 Å². The van der Waals surface area contributed by atoms with Crippen LogP contribution in [0.1, 0.15) is 85.9 Å². The Morgan fingerprint density at radius 3 is 1.54 bits per heavy atom. The van der Waals surface area contributed by atoms with Gasteiger partial charge in [0.05, 0.1) is 0 Å². The van der Waals surface area contributed by atoms with E-state index in [1.165, 1.54) is 12.8 Å². The molecule has 0 aliphatic heterocycles. The minimum absolute atomic E-state index is 0.255. The first-order valence-electron chi connectivity index (χ1n) is 10.3. The van der Waals surface area contributed by atoms with Crippen molar-refractivity contribution in [3.63, 3.8) is 0 Å². The molecule has 28 heavy (non-hydrogen) atoms. The van der Waals surface area contributed by atoms with E-state index in [4.69, 9.17) is 0 Å². The van der Waals surface area contributed by atoms with Gasteiger partial charge in [-0.15, -0.1) is 0 Å². The number of carbonyl (C=O) groups is 2. The van der Waals surface area contributed by atoms with E-state index >= 15 is 0 Å². The van der Waals surface area contributed by atoms with Crippen LogP contribution in [0.15, 0.2) is 34.5 Å². The lowest BCUT2D eigenvalue weighted by atomic mass is 9.89. The summed E-state index contributed by atoms with van der Waals surface area (Å²) < 4.78 is 0. The highest BCUT2D eigenvalue weighted by Crippen LogP contribution is 2.21. The van der Waals surface area contributed by atoms with E-state index < -0.39 is 0 Å². The van der Waals surface area contributed by atoms with Gasteiger partial charge in [-0.25, -0.2) is 10.9 Å². The van der Waals surface area contributed by atoms with Crippen LogP contribution < -0.4 is 10.9 Å². The van der Waals surface area contributed by atoms with Crippen molar-refractivity contribution < 1.29 is 9.59 Å². The second kappa shape index (κ2) is 9.62. The Bertz CT molecular complexity index is 702. The smallest absolute Gasteiger partial charge is 0.267 e. The highest BCUT2D eigenvalue weighted by molar-refractivity contribution is 5.99. The molecule has 0 radical (unpaired) electrons. The summed E-state index contributed by atoms with van der Waals surface area (Å²) in [6.07, 6.45) is 8.49. The molecule has 0 heterocycles. The number of amides is 2. The van der Waals surface area contributed by atoms with Crippen LogP contribution in [0.3, 0.4) is 0 Å². The largest absolute Gasteiger partial charge is 0.271 e. The average Bonchev–Trinajstić information content (AvgIpc) is 2.70. The minimum Gasteiger partial charge on any atom is -0.267 e. The van der Waals surface area contributed by atoms with E-state index in [1.807, 2.05) is 0 Å². The summed E-state index contributed by atoms with van der Waals surface area (Å²) in [4.78, 5) is 24.5. The second-order valence-electron chi connectivity index (χ2n) is 8.22. The Kier molecular flexibility index (Phi) is 6.95. The molecule has 2 fully saturated rings. The van der Waals surface area contributed by atoms with Gasteiger partial charge in [-0.2, -0.15) is 10.2 Å². The van der Waals surface area contributed by atoms with Gasteiger partial charge < -0.3 is 0 Å². The van der Waals surface area contributed by atoms with E-state index in [-0.39, 0.29) is 11.8 Å². The molecule has 3 rings (SSSR count). The molecule has 0 saturated heterocycles.